The SMILES string of the molecule is N#Cc1ccc(-c2cn3cc(Br)cc(Br)c3n2)cc1. The maximum absolute atomic E-state index is 8.80. The van der Waals surface area contributed by atoms with Crippen molar-refractivity contribution in [2.75, 3.05) is 0 Å². The third kappa shape index (κ3) is 2.29. The lowest BCUT2D eigenvalue weighted by atomic mass is 10.1. The van der Waals surface area contributed by atoms with Crippen LogP contribution >= 0.6 is 31.9 Å². The molecule has 0 unspecified atom stereocenters. The van der Waals surface area contributed by atoms with Crippen LogP contribution in [0.25, 0.3) is 16.9 Å². The maximum Gasteiger partial charge on any atom is 0.151 e. The largest absolute Gasteiger partial charge is 0.304 e. The predicted octanol–water partition coefficient (Wildman–Crippen LogP) is 4.40. The van der Waals surface area contributed by atoms with Crippen LogP contribution in [0.4, 0.5) is 0 Å². The number of hydrogen-bond donors (Lipinski definition) is 0. The molecular weight excluding hydrogens is 370 g/mol. The molecule has 0 aliphatic rings. The van der Waals surface area contributed by atoms with Crippen molar-refractivity contribution < 1.29 is 0 Å². The number of rotatable bonds is 1. The Hall–Kier alpha value is -1.64. The van der Waals surface area contributed by atoms with E-state index in [4.69, 9.17) is 5.26 Å². The van der Waals surface area contributed by atoms with Gasteiger partial charge in [-0.1, -0.05) is 12.1 Å². The highest BCUT2D eigenvalue weighted by Gasteiger charge is 2.08. The Bertz CT molecular complexity index is 798. The molecule has 0 fully saturated rings. The van der Waals surface area contributed by atoms with Crippen LogP contribution in [0.1, 0.15) is 5.56 Å². The molecule has 2 aromatic heterocycles. The molecule has 0 spiro atoms. The van der Waals surface area contributed by atoms with Crippen molar-refractivity contribution in [3.05, 3.63) is 57.2 Å². The normalized spacial score (nSPS) is 10.6. The van der Waals surface area contributed by atoms with E-state index in [9.17, 15) is 0 Å². The first-order valence-electron chi connectivity index (χ1n) is 5.51. The number of imidazole rings is 1. The summed E-state index contributed by atoms with van der Waals surface area (Å²) in [5.41, 5.74) is 3.38. The molecule has 2 heterocycles. The predicted molar refractivity (Wildman–Crippen MR) is 80.7 cm³/mol. The molecule has 3 aromatic rings. The molecule has 0 aliphatic carbocycles. The van der Waals surface area contributed by atoms with Crippen LogP contribution in [0.2, 0.25) is 0 Å². The molecule has 0 bridgehead atoms. The number of pyridine rings is 1. The van der Waals surface area contributed by atoms with Crippen LogP contribution in [0.5, 0.6) is 0 Å². The first-order valence-corrected chi connectivity index (χ1v) is 7.10. The first kappa shape index (κ1) is 12.4. The quantitative estimate of drug-likeness (QED) is 0.631. The Balaban J connectivity index is 2.15. The topological polar surface area (TPSA) is 41.1 Å². The molecule has 1 aromatic carbocycles. The van der Waals surface area contributed by atoms with E-state index >= 15 is 0 Å². The molecule has 0 saturated carbocycles. The van der Waals surface area contributed by atoms with Gasteiger partial charge < -0.3 is 4.40 Å². The number of nitriles is 1. The van der Waals surface area contributed by atoms with Gasteiger partial charge in [-0.3, -0.25) is 0 Å². The van der Waals surface area contributed by atoms with Crippen molar-refractivity contribution in [2.24, 2.45) is 0 Å². The third-order valence-corrected chi connectivity index (χ3v) is 3.80. The fraction of sp³-hybridized carbons (Fsp3) is 0. The minimum atomic E-state index is 0.649. The molecule has 0 atom stereocenters. The van der Waals surface area contributed by atoms with Crippen molar-refractivity contribution in [1.82, 2.24) is 9.38 Å². The number of benzene rings is 1. The van der Waals surface area contributed by atoms with Gasteiger partial charge >= 0.3 is 0 Å². The fourth-order valence-electron chi connectivity index (χ4n) is 1.88. The van der Waals surface area contributed by atoms with E-state index in [-0.39, 0.29) is 0 Å². The summed E-state index contributed by atoms with van der Waals surface area (Å²) in [5.74, 6) is 0. The lowest BCUT2D eigenvalue weighted by molar-refractivity contribution is 1.17. The van der Waals surface area contributed by atoms with Gasteiger partial charge in [-0.05, 0) is 50.1 Å². The Morgan fingerprint density at radius 1 is 1.11 bits per heavy atom. The van der Waals surface area contributed by atoms with Crippen molar-refractivity contribution >= 4 is 37.5 Å². The lowest BCUT2D eigenvalue weighted by Crippen LogP contribution is -1.83. The molecule has 0 saturated heterocycles. The van der Waals surface area contributed by atoms with Gasteiger partial charge in [-0.25, -0.2) is 4.98 Å². The van der Waals surface area contributed by atoms with E-state index in [0.717, 1.165) is 25.8 Å². The minimum absolute atomic E-state index is 0.649. The molecule has 19 heavy (non-hydrogen) atoms. The van der Waals surface area contributed by atoms with E-state index in [1.807, 2.05) is 35.0 Å². The third-order valence-electron chi connectivity index (χ3n) is 2.78. The molecule has 0 N–H and O–H groups in total. The van der Waals surface area contributed by atoms with Crippen molar-refractivity contribution in [3.63, 3.8) is 0 Å². The average molecular weight is 377 g/mol. The maximum atomic E-state index is 8.80. The van der Waals surface area contributed by atoms with Gasteiger partial charge in [0.05, 0.1) is 21.8 Å². The van der Waals surface area contributed by atoms with Gasteiger partial charge in [0.25, 0.3) is 0 Å². The zero-order valence-electron chi connectivity index (χ0n) is 9.64. The Morgan fingerprint density at radius 2 is 1.84 bits per heavy atom. The van der Waals surface area contributed by atoms with Crippen LogP contribution in [-0.2, 0) is 0 Å². The Labute approximate surface area is 126 Å². The number of fused-ring (bicyclic) bond motifs is 1. The van der Waals surface area contributed by atoms with E-state index in [2.05, 4.69) is 42.9 Å². The Kier molecular flexibility index (Phi) is 3.13. The summed E-state index contributed by atoms with van der Waals surface area (Å²) in [6, 6.07) is 11.5. The van der Waals surface area contributed by atoms with E-state index in [0.29, 0.717) is 5.56 Å². The number of aromatic nitrogens is 2. The molecule has 0 aliphatic heterocycles. The smallest absolute Gasteiger partial charge is 0.151 e. The summed E-state index contributed by atoms with van der Waals surface area (Å²) < 4.78 is 3.87. The average Bonchev–Trinajstić information content (AvgIpc) is 2.83. The van der Waals surface area contributed by atoms with E-state index in [1.165, 1.54) is 0 Å². The standard InChI is InChI=1S/C14H7Br2N3/c15-11-5-12(16)14-18-13(8-19(14)7-11)10-3-1-9(6-17)2-4-10/h1-5,7-8H. The highest BCUT2D eigenvalue weighted by molar-refractivity contribution is 9.11. The van der Waals surface area contributed by atoms with Gasteiger partial charge in [0.15, 0.2) is 5.65 Å². The van der Waals surface area contributed by atoms with Gasteiger partial charge in [0, 0.05) is 22.4 Å². The minimum Gasteiger partial charge on any atom is -0.304 e. The van der Waals surface area contributed by atoms with Crippen LogP contribution in [0, 0.1) is 11.3 Å². The van der Waals surface area contributed by atoms with Crippen LogP contribution in [0.3, 0.4) is 0 Å². The number of nitrogens with zero attached hydrogens (tertiary/aromatic N) is 3. The van der Waals surface area contributed by atoms with Crippen LogP contribution in [0.15, 0.2) is 51.7 Å². The number of halogens is 2. The summed E-state index contributed by atoms with van der Waals surface area (Å²) in [6.45, 7) is 0. The second-order valence-electron chi connectivity index (χ2n) is 4.05. The monoisotopic (exact) mass is 375 g/mol. The van der Waals surface area contributed by atoms with Crippen LogP contribution < -0.4 is 0 Å². The molecule has 3 rings (SSSR count). The van der Waals surface area contributed by atoms with Gasteiger partial charge in [0.2, 0.25) is 0 Å². The van der Waals surface area contributed by atoms with Crippen molar-refractivity contribution in [3.8, 4) is 17.3 Å². The molecule has 5 heteroatoms. The highest BCUT2D eigenvalue weighted by Crippen LogP contribution is 2.26. The Morgan fingerprint density at radius 3 is 2.53 bits per heavy atom. The molecule has 92 valence electrons. The zero-order chi connectivity index (χ0) is 13.4. The van der Waals surface area contributed by atoms with Crippen LogP contribution in [-0.4, -0.2) is 9.38 Å². The van der Waals surface area contributed by atoms with Gasteiger partial charge in [0.1, 0.15) is 0 Å². The molecule has 0 amide bonds. The summed E-state index contributed by atoms with van der Waals surface area (Å²) >= 11 is 6.95. The second-order valence-corrected chi connectivity index (χ2v) is 5.82. The molecule has 0 radical (unpaired) electrons. The van der Waals surface area contributed by atoms with Crippen molar-refractivity contribution in [2.45, 2.75) is 0 Å². The zero-order valence-corrected chi connectivity index (χ0v) is 12.8. The fourth-order valence-corrected chi connectivity index (χ4v) is 3.18. The van der Waals surface area contributed by atoms with E-state index in [1.54, 1.807) is 12.1 Å². The summed E-state index contributed by atoms with van der Waals surface area (Å²) in [4.78, 5) is 4.59. The highest BCUT2D eigenvalue weighted by atomic mass is 79.9. The number of hydrogen-bond acceptors (Lipinski definition) is 2. The van der Waals surface area contributed by atoms with Gasteiger partial charge in [-0.2, -0.15) is 5.26 Å². The summed E-state index contributed by atoms with van der Waals surface area (Å²) in [7, 11) is 0. The van der Waals surface area contributed by atoms with Gasteiger partial charge in [-0.15, -0.1) is 0 Å². The second kappa shape index (κ2) is 4.80. The first-order chi connectivity index (χ1) is 9.17. The molecular formula is C14H7Br2N3. The van der Waals surface area contributed by atoms with Crippen molar-refractivity contribution in [1.29, 1.82) is 5.26 Å². The summed E-state index contributed by atoms with van der Waals surface area (Å²) in [5, 5.41) is 8.80. The van der Waals surface area contributed by atoms with E-state index < -0.39 is 0 Å². The summed E-state index contributed by atoms with van der Waals surface area (Å²) in [6.07, 6.45) is 3.92. The lowest BCUT2D eigenvalue weighted by Gasteiger charge is -1.96. The molecule has 3 nitrogen and oxygen atoms in total.